The Morgan fingerprint density at radius 1 is 1.71 bits per heavy atom. The summed E-state index contributed by atoms with van der Waals surface area (Å²) in [5.74, 6) is -0.534. The molecule has 1 aliphatic heterocycles. The normalized spacial score (nSPS) is 23.2. The summed E-state index contributed by atoms with van der Waals surface area (Å²) in [6.07, 6.45) is 1.03. The number of hydrogen-bond acceptors (Lipinski definition) is 8. The van der Waals surface area contributed by atoms with Gasteiger partial charge in [0.05, 0.1) is 32.6 Å². The van der Waals surface area contributed by atoms with Crippen LogP contribution in [0.3, 0.4) is 0 Å². The Kier molecular flexibility index (Phi) is 5.23. The van der Waals surface area contributed by atoms with E-state index in [-0.39, 0.29) is 18.8 Å². The molecule has 2 unspecified atom stereocenters. The molecule has 1 aliphatic rings. The Morgan fingerprint density at radius 2 is 2.52 bits per heavy atom. The molecule has 118 valence electrons. The zero-order chi connectivity index (χ0) is 15.3. The number of nitrogens with zero attached hydrogens (tertiary/aromatic N) is 3. The number of hydrogen-bond donors (Lipinski definition) is 3. The highest BCUT2D eigenvalue weighted by Gasteiger charge is 2.39. The lowest BCUT2D eigenvalue weighted by atomic mass is 9.96. The van der Waals surface area contributed by atoms with Crippen LogP contribution in [0.5, 0.6) is 0 Å². The first-order valence-electron chi connectivity index (χ1n) is 6.72. The van der Waals surface area contributed by atoms with Crippen LogP contribution in [-0.4, -0.2) is 76.3 Å². The van der Waals surface area contributed by atoms with E-state index >= 15 is 0 Å². The van der Waals surface area contributed by atoms with Gasteiger partial charge in [0.15, 0.2) is 5.69 Å². The van der Waals surface area contributed by atoms with Gasteiger partial charge in [0, 0.05) is 26.1 Å². The van der Waals surface area contributed by atoms with Gasteiger partial charge in [0.1, 0.15) is 5.60 Å². The van der Waals surface area contributed by atoms with Crippen LogP contribution in [0.1, 0.15) is 16.9 Å². The van der Waals surface area contributed by atoms with Crippen LogP contribution in [0.4, 0.5) is 0 Å². The molecule has 9 nitrogen and oxygen atoms in total. The van der Waals surface area contributed by atoms with Gasteiger partial charge < -0.3 is 25.0 Å². The van der Waals surface area contributed by atoms with Crippen molar-refractivity contribution in [2.45, 2.75) is 24.7 Å². The lowest BCUT2D eigenvalue weighted by molar-refractivity contribution is -0.0747. The van der Waals surface area contributed by atoms with E-state index in [0.29, 0.717) is 26.1 Å². The fourth-order valence-electron chi connectivity index (χ4n) is 2.06. The summed E-state index contributed by atoms with van der Waals surface area (Å²) < 4.78 is 11.1. The third kappa shape index (κ3) is 3.97. The molecule has 2 atom stereocenters. The molecule has 2 heterocycles. The van der Waals surface area contributed by atoms with Crippen molar-refractivity contribution in [3.8, 4) is 0 Å². The third-order valence-corrected chi connectivity index (χ3v) is 3.44. The zero-order valence-electron chi connectivity index (χ0n) is 11.9. The van der Waals surface area contributed by atoms with Gasteiger partial charge in [-0.15, -0.1) is 5.10 Å². The van der Waals surface area contributed by atoms with Crippen LogP contribution >= 0.6 is 0 Å². The predicted molar refractivity (Wildman–Crippen MR) is 70.6 cm³/mol. The maximum atomic E-state index is 11.2. The predicted octanol–water partition coefficient (Wildman–Crippen LogP) is -1.83. The molecular formula is C12H20N4O5. The topological polar surface area (TPSA) is 119 Å². The number of aliphatic hydroxyl groups is 2. The molecule has 0 amide bonds. The lowest BCUT2D eigenvalue weighted by Gasteiger charge is -2.27. The van der Waals surface area contributed by atoms with Crippen molar-refractivity contribution in [3.63, 3.8) is 0 Å². The standard InChI is InChI=1S/C12H20N4O5/c1-20-11(18)9-7-16(15-14-9)4-3-13-6-10(17)12(19)2-5-21-8-12/h7,10,13,17,19H,2-6,8H2,1H3. The van der Waals surface area contributed by atoms with Crippen molar-refractivity contribution in [3.05, 3.63) is 11.9 Å². The number of carbonyl (C=O) groups is 1. The summed E-state index contributed by atoms with van der Waals surface area (Å²) in [4.78, 5) is 11.2. The Balaban J connectivity index is 1.70. The van der Waals surface area contributed by atoms with Crippen molar-refractivity contribution >= 4 is 5.97 Å². The summed E-state index contributed by atoms with van der Waals surface area (Å²) >= 11 is 0. The number of carbonyl (C=O) groups excluding carboxylic acids is 1. The van der Waals surface area contributed by atoms with Crippen molar-refractivity contribution in [2.75, 3.05) is 33.4 Å². The highest BCUT2D eigenvalue weighted by molar-refractivity contribution is 5.86. The molecule has 1 aromatic heterocycles. The summed E-state index contributed by atoms with van der Waals surface area (Å²) in [6.45, 7) is 1.85. The van der Waals surface area contributed by atoms with Crippen molar-refractivity contribution in [1.82, 2.24) is 20.3 Å². The van der Waals surface area contributed by atoms with E-state index in [1.165, 1.54) is 18.0 Å². The Labute approximate surface area is 121 Å². The maximum Gasteiger partial charge on any atom is 0.360 e. The van der Waals surface area contributed by atoms with Crippen LogP contribution in [0.15, 0.2) is 6.20 Å². The van der Waals surface area contributed by atoms with E-state index < -0.39 is 17.7 Å². The SMILES string of the molecule is COC(=O)c1cn(CCNCC(O)C2(O)CCOC2)nn1. The minimum atomic E-state index is -1.17. The van der Waals surface area contributed by atoms with Crippen molar-refractivity contribution in [1.29, 1.82) is 0 Å². The second kappa shape index (κ2) is 6.94. The molecule has 21 heavy (non-hydrogen) atoms. The molecule has 3 N–H and O–H groups in total. The van der Waals surface area contributed by atoms with E-state index in [1.54, 1.807) is 0 Å². The van der Waals surface area contributed by atoms with Crippen LogP contribution < -0.4 is 5.32 Å². The van der Waals surface area contributed by atoms with Crippen LogP contribution in [0.2, 0.25) is 0 Å². The molecule has 0 saturated carbocycles. The monoisotopic (exact) mass is 300 g/mol. The summed E-state index contributed by atoms with van der Waals surface area (Å²) in [5, 5.41) is 30.5. The van der Waals surface area contributed by atoms with E-state index in [0.717, 1.165) is 0 Å². The first kappa shape index (κ1) is 15.8. The maximum absolute atomic E-state index is 11.2. The number of methoxy groups -OCH3 is 1. The van der Waals surface area contributed by atoms with Gasteiger partial charge in [-0.1, -0.05) is 5.21 Å². The highest BCUT2D eigenvalue weighted by Crippen LogP contribution is 2.21. The molecule has 1 fully saturated rings. The van der Waals surface area contributed by atoms with Gasteiger partial charge in [0.2, 0.25) is 0 Å². The van der Waals surface area contributed by atoms with E-state index in [9.17, 15) is 15.0 Å². The average Bonchev–Trinajstić information content (AvgIpc) is 3.12. The van der Waals surface area contributed by atoms with Crippen LogP contribution in [-0.2, 0) is 16.0 Å². The molecule has 0 aliphatic carbocycles. The third-order valence-electron chi connectivity index (χ3n) is 3.44. The molecule has 0 bridgehead atoms. The Morgan fingerprint density at radius 3 is 3.19 bits per heavy atom. The van der Waals surface area contributed by atoms with Crippen molar-refractivity contribution in [2.24, 2.45) is 0 Å². The number of esters is 1. The smallest absolute Gasteiger partial charge is 0.360 e. The Hall–Kier alpha value is -1.55. The molecule has 9 heteroatoms. The van der Waals surface area contributed by atoms with Gasteiger partial charge in [-0.3, -0.25) is 4.68 Å². The quantitative estimate of drug-likeness (QED) is 0.397. The summed E-state index contributed by atoms with van der Waals surface area (Å²) in [7, 11) is 1.28. The molecule has 0 spiro atoms. The van der Waals surface area contributed by atoms with E-state index in [4.69, 9.17) is 4.74 Å². The first-order chi connectivity index (χ1) is 10.0. The van der Waals surface area contributed by atoms with Gasteiger partial charge in [-0.25, -0.2) is 4.79 Å². The van der Waals surface area contributed by atoms with Crippen LogP contribution in [0.25, 0.3) is 0 Å². The highest BCUT2D eigenvalue weighted by atomic mass is 16.5. The summed E-state index contributed by atoms with van der Waals surface area (Å²) in [6, 6.07) is 0. The molecule has 0 radical (unpaired) electrons. The minimum absolute atomic E-state index is 0.148. The Bertz CT molecular complexity index is 472. The molecule has 2 rings (SSSR count). The average molecular weight is 300 g/mol. The van der Waals surface area contributed by atoms with Crippen LogP contribution in [0, 0.1) is 0 Å². The fraction of sp³-hybridized carbons (Fsp3) is 0.750. The van der Waals surface area contributed by atoms with Gasteiger partial charge >= 0.3 is 5.97 Å². The number of ether oxygens (including phenoxy) is 2. The number of aliphatic hydroxyl groups excluding tert-OH is 1. The molecule has 1 saturated heterocycles. The van der Waals surface area contributed by atoms with Crippen molar-refractivity contribution < 1.29 is 24.5 Å². The van der Waals surface area contributed by atoms with Gasteiger partial charge in [0.25, 0.3) is 0 Å². The summed E-state index contributed by atoms with van der Waals surface area (Å²) in [5.41, 5.74) is -1.02. The zero-order valence-corrected chi connectivity index (χ0v) is 11.9. The minimum Gasteiger partial charge on any atom is -0.464 e. The molecular weight excluding hydrogens is 280 g/mol. The molecule has 0 aromatic carbocycles. The van der Waals surface area contributed by atoms with E-state index in [2.05, 4.69) is 20.4 Å². The number of nitrogens with one attached hydrogen (secondary N) is 1. The largest absolute Gasteiger partial charge is 0.464 e. The number of rotatable bonds is 7. The van der Waals surface area contributed by atoms with Gasteiger partial charge in [-0.2, -0.15) is 0 Å². The number of aromatic nitrogens is 3. The second-order valence-electron chi connectivity index (χ2n) is 4.98. The second-order valence-corrected chi connectivity index (χ2v) is 4.98. The van der Waals surface area contributed by atoms with E-state index in [1.807, 2.05) is 0 Å². The first-order valence-corrected chi connectivity index (χ1v) is 6.72. The fourth-order valence-corrected chi connectivity index (χ4v) is 2.06. The lowest BCUT2D eigenvalue weighted by Crippen LogP contribution is -2.48. The molecule has 1 aromatic rings. The van der Waals surface area contributed by atoms with Gasteiger partial charge in [-0.05, 0) is 0 Å².